The molecule has 0 amide bonds. The van der Waals surface area contributed by atoms with Crippen LogP contribution in [0.4, 0.5) is 0 Å². The van der Waals surface area contributed by atoms with Crippen LogP contribution < -0.4 is 0 Å². The third-order valence-electron chi connectivity index (χ3n) is 2.11. The fraction of sp³-hybridized carbons (Fsp3) is 0.167. The number of thiazole rings is 2. The van der Waals surface area contributed by atoms with Crippen molar-refractivity contribution in [1.29, 1.82) is 0 Å². The highest BCUT2D eigenvalue weighted by Crippen LogP contribution is 2.25. The van der Waals surface area contributed by atoms with E-state index in [1.165, 1.54) is 28.7 Å². The minimum atomic E-state index is -0.456. The average molecular weight is 294 g/mol. The van der Waals surface area contributed by atoms with Crippen LogP contribution in [0.5, 0.6) is 0 Å². The number of hydrogen-bond acceptors (Lipinski definition) is 7. The first-order valence-electron chi connectivity index (χ1n) is 5.41. The van der Waals surface area contributed by atoms with Crippen molar-refractivity contribution in [2.75, 3.05) is 6.61 Å². The molecule has 7 heteroatoms. The van der Waals surface area contributed by atoms with Crippen LogP contribution >= 0.6 is 22.7 Å². The molecule has 0 saturated carbocycles. The van der Waals surface area contributed by atoms with E-state index in [2.05, 4.69) is 16.5 Å². The fourth-order valence-corrected chi connectivity index (χ4v) is 2.82. The summed E-state index contributed by atoms with van der Waals surface area (Å²) in [4.78, 5) is 31.2. The Morgan fingerprint density at radius 3 is 2.84 bits per heavy atom. The van der Waals surface area contributed by atoms with Gasteiger partial charge < -0.3 is 4.74 Å². The van der Waals surface area contributed by atoms with Gasteiger partial charge in [-0.1, -0.05) is 6.58 Å². The number of allylic oxidation sites excluding steroid dienone is 1. The van der Waals surface area contributed by atoms with Gasteiger partial charge in [0.05, 0.1) is 6.61 Å². The zero-order valence-electron chi connectivity index (χ0n) is 10.1. The molecule has 5 nitrogen and oxygen atoms in total. The highest BCUT2D eigenvalue weighted by Gasteiger charge is 2.15. The van der Waals surface area contributed by atoms with Crippen LogP contribution in [0, 0.1) is 0 Å². The number of ether oxygens (including phenoxy) is 1. The molecule has 0 bridgehead atoms. The zero-order valence-corrected chi connectivity index (χ0v) is 11.7. The standard InChI is InChI=1S/C12H10N2O3S2/c1-3-9(15)11-13-7(5-19-11)10-14-8(6-18-10)12(16)17-4-2/h3,5-6H,1,4H2,2H3. The molecule has 2 heterocycles. The predicted octanol–water partition coefficient (Wildman–Crippen LogP) is 2.81. The number of esters is 1. The molecule has 0 aromatic carbocycles. The van der Waals surface area contributed by atoms with E-state index in [0.29, 0.717) is 22.3 Å². The highest BCUT2D eigenvalue weighted by atomic mass is 32.1. The van der Waals surface area contributed by atoms with Crippen LogP contribution in [0.25, 0.3) is 10.7 Å². The van der Waals surface area contributed by atoms with Crippen molar-refractivity contribution < 1.29 is 14.3 Å². The molecule has 0 unspecified atom stereocenters. The molecule has 2 rings (SSSR count). The number of hydrogen-bond donors (Lipinski definition) is 0. The van der Waals surface area contributed by atoms with Gasteiger partial charge in [-0.25, -0.2) is 14.8 Å². The Bertz CT molecular complexity index is 630. The number of aromatic nitrogens is 2. The SMILES string of the molecule is C=CC(=O)c1nc(-c2nc(C(=O)OCC)cs2)cs1. The second kappa shape index (κ2) is 5.85. The van der Waals surface area contributed by atoms with Crippen LogP contribution in [0.15, 0.2) is 23.4 Å². The summed E-state index contributed by atoms with van der Waals surface area (Å²) in [7, 11) is 0. The lowest BCUT2D eigenvalue weighted by molar-refractivity contribution is 0.0520. The monoisotopic (exact) mass is 294 g/mol. The van der Waals surface area contributed by atoms with Crippen LogP contribution in [-0.2, 0) is 4.74 Å². The van der Waals surface area contributed by atoms with Crippen LogP contribution in [-0.4, -0.2) is 28.3 Å². The maximum Gasteiger partial charge on any atom is 0.357 e. The third-order valence-corrected chi connectivity index (χ3v) is 3.83. The van der Waals surface area contributed by atoms with Crippen molar-refractivity contribution in [2.24, 2.45) is 0 Å². The van der Waals surface area contributed by atoms with Gasteiger partial charge in [0.15, 0.2) is 10.7 Å². The molecule has 0 spiro atoms. The van der Waals surface area contributed by atoms with Crippen LogP contribution in [0.2, 0.25) is 0 Å². The van der Waals surface area contributed by atoms with Gasteiger partial charge in [0, 0.05) is 10.8 Å². The van der Waals surface area contributed by atoms with Gasteiger partial charge in [-0.15, -0.1) is 22.7 Å². The van der Waals surface area contributed by atoms with E-state index in [1.807, 2.05) is 0 Å². The van der Waals surface area contributed by atoms with Crippen molar-refractivity contribution in [3.8, 4) is 10.7 Å². The summed E-state index contributed by atoms with van der Waals surface area (Å²) in [6.45, 7) is 5.45. The van der Waals surface area contributed by atoms with Gasteiger partial charge in [0.2, 0.25) is 5.78 Å². The molecule has 0 fully saturated rings. The molecule has 0 aliphatic heterocycles. The lowest BCUT2D eigenvalue weighted by Crippen LogP contribution is -2.04. The molecule has 19 heavy (non-hydrogen) atoms. The molecule has 98 valence electrons. The quantitative estimate of drug-likeness (QED) is 0.482. The van der Waals surface area contributed by atoms with Crippen molar-refractivity contribution >= 4 is 34.4 Å². The Morgan fingerprint density at radius 1 is 1.37 bits per heavy atom. The normalized spacial score (nSPS) is 10.2. The summed E-state index contributed by atoms with van der Waals surface area (Å²) in [6.07, 6.45) is 1.22. The molecule has 2 aromatic heterocycles. The van der Waals surface area contributed by atoms with Crippen molar-refractivity contribution in [2.45, 2.75) is 6.92 Å². The second-order valence-electron chi connectivity index (χ2n) is 3.36. The minimum Gasteiger partial charge on any atom is -0.461 e. The molecule has 0 N–H and O–H groups in total. The molecule has 0 saturated heterocycles. The van der Waals surface area contributed by atoms with Gasteiger partial charge in [0.1, 0.15) is 10.7 Å². The number of ketones is 1. The van der Waals surface area contributed by atoms with Crippen LogP contribution in [0.3, 0.4) is 0 Å². The lowest BCUT2D eigenvalue weighted by atomic mass is 10.4. The molecular weight excluding hydrogens is 284 g/mol. The Labute approximate surface area is 117 Å². The number of carbonyl (C=O) groups excluding carboxylic acids is 2. The van der Waals surface area contributed by atoms with Crippen molar-refractivity contribution in [3.63, 3.8) is 0 Å². The molecule has 0 atom stereocenters. The molecular formula is C12H10N2O3S2. The van der Waals surface area contributed by atoms with Gasteiger partial charge >= 0.3 is 5.97 Å². The molecule has 0 aliphatic rings. The number of rotatable bonds is 5. The Morgan fingerprint density at radius 2 is 2.16 bits per heavy atom. The van der Waals surface area contributed by atoms with E-state index in [0.717, 1.165) is 0 Å². The smallest absolute Gasteiger partial charge is 0.357 e. The molecule has 2 aromatic rings. The van der Waals surface area contributed by atoms with E-state index in [9.17, 15) is 9.59 Å². The predicted molar refractivity (Wildman–Crippen MR) is 73.7 cm³/mol. The summed E-state index contributed by atoms with van der Waals surface area (Å²) in [5.74, 6) is -0.680. The lowest BCUT2D eigenvalue weighted by Gasteiger charge is -1.95. The van der Waals surface area contributed by atoms with Crippen molar-refractivity contribution in [1.82, 2.24) is 9.97 Å². The first kappa shape index (κ1) is 13.6. The van der Waals surface area contributed by atoms with Crippen LogP contribution in [0.1, 0.15) is 27.2 Å². The number of carbonyl (C=O) groups is 2. The Hall–Kier alpha value is -1.86. The summed E-state index contributed by atoms with van der Waals surface area (Å²) >= 11 is 2.51. The van der Waals surface area contributed by atoms with Gasteiger partial charge in [0.25, 0.3) is 0 Å². The van der Waals surface area contributed by atoms with E-state index < -0.39 is 5.97 Å². The highest BCUT2D eigenvalue weighted by molar-refractivity contribution is 7.15. The minimum absolute atomic E-state index is 0.224. The summed E-state index contributed by atoms with van der Waals surface area (Å²) in [5, 5.41) is 4.28. The number of nitrogens with zero attached hydrogens (tertiary/aromatic N) is 2. The van der Waals surface area contributed by atoms with E-state index in [-0.39, 0.29) is 11.5 Å². The topological polar surface area (TPSA) is 69.2 Å². The third kappa shape index (κ3) is 2.94. The summed E-state index contributed by atoms with van der Waals surface area (Å²) < 4.78 is 4.86. The molecule has 0 radical (unpaired) electrons. The first-order chi connectivity index (χ1) is 9.15. The van der Waals surface area contributed by atoms with Crippen molar-refractivity contribution in [3.05, 3.63) is 34.1 Å². The Balaban J connectivity index is 2.23. The van der Waals surface area contributed by atoms with E-state index in [1.54, 1.807) is 17.7 Å². The summed E-state index contributed by atoms with van der Waals surface area (Å²) in [5.41, 5.74) is 0.835. The maximum atomic E-state index is 11.5. The molecule has 0 aliphatic carbocycles. The van der Waals surface area contributed by atoms with Gasteiger partial charge in [-0.05, 0) is 13.0 Å². The largest absolute Gasteiger partial charge is 0.461 e. The fourth-order valence-electron chi connectivity index (χ4n) is 1.26. The van der Waals surface area contributed by atoms with Gasteiger partial charge in [-0.3, -0.25) is 4.79 Å². The summed E-state index contributed by atoms with van der Waals surface area (Å²) in [6, 6.07) is 0. The van der Waals surface area contributed by atoms with E-state index >= 15 is 0 Å². The zero-order chi connectivity index (χ0) is 13.8. The Kier molecular flexibility index (Phi) is 4.18. The average Bonchev–Trinajstić information content (AvgIpc) is 3.06. The second-order valence-corrected chi connectivity index (χ2v) is 5.08. The van der Waals surface area contributed by atoms with E-state index in [4.69, 9.17) is 4.74 Å². The first-order valence-corrected chi connectivity index (χ1v) is 7.17. The van der Waals surface area contributed by atoms with Gasteiger partial charge in [-0.2, -0.15) is 0 Å². The maximum absolute atomic E-state index is 11.5.